The van der Waals surface area contributed by atoms with Gasteiger partial charge in [0.15, 0.2) is 0 Å². The van der Waals surface area contributed by atoms with E-state index in [0.717, 1.165) is 46.6 Å². The van der Waals surface area contributed by atoms with Crippen molar-refractivity contribution in [2.24, 2.45) is 0 Å². The minimum absolute atomic E-state index is 0.923. The van der Waals surface area contributed by atoms with Crippen molar-refractivity contribution >= 4 is 49.2 Å². The van der Waals surface area contributed by atoms with E-state index in [4.69, 9.17) is 4.98 Å². The highest BCUT2D eigenvalue weighted by molar-refractivity contribution is 6.15. The van der Waals surface area contributed by atoms with Crippen molar-refractivity contribution in [1.29, 1.82) is 0 Å². The van der Waals surface area contributed by atoms with Gasteiger partial charge in [-0.15, -0.1) is 0 Å². The van der Waals surface area contributed by atoms with Crippen LogP contribution in [-0.2, 0) is 0 Å². The van der Waals surface area contributed by atoms with Crippen LogP contribution in [0.15, 0.2) is 176 Å². The molecule has 3 nitrogen and oxygen atoms in total. The molecule has 0 unspecified atom stereocenters. The third-order valence-electron chi connectivity index (χ3n) is 10.1. The molecule has 0 N–H and O–H groups in total. The third kappa shape index (κ3) is 4.55. The van der Waals surface area contributed by atoms with Crippen LogP contribution >= 0.6 is 0 Å². The zero-order chi connectivity index (χ0) is 33.0. The maximum absolute atomic E-state index is 5.36. The fraction of sp³-hybridized carbons (Fsp3) is 0.0426. The topological polar surface area (TPSA) is 22.8 Å². The molecule has 3 heterocycles. The van der Waals surface area contributed by atoms with E-state index in [1.165, 1.54) is 54.8 Å². The maximum atomic E-state index is 5.36. The highest BCUT2D eigenvalue weighted by Crippen LogP contribution is 2.41. The third-order valence-corrected chi connectivity index (χ3v) is 10.1. The lowest BCUT2D eigenvalue weighted by atomic mass is 9.99. The van der Waals surface area contributed by atoms with Crippen molar-refractivity contribution < 1.29 is 0 Å². The predicted octanol–water partition coefficient (Wildman–Crippen LogP) is 12.3. The molecule has 0 spiro atoms. The largest absolute Gasteiger partial charge is 0.309 e. The molecule has 0 saturated carbocycles. The summed E-state index contributed by atoms with van der Waals surface area (Å²) < 4.78 is 4.77. The molecule has 0 aliphatic heterocycles. The van der Waals surface area contributed by atoms with Crippen LogP contribution in [0.4, 0.5) is 0 Å². The van der Waals surface area contributed by atoms with Crippen LogP contribution in [0.3, 0.4) is 0 Å². The summed E-state index contributed by atoms with van der Waals surface area (Å²) in [6.07, 6.45) is 8.90. The molecule has 0 fully saturated rings. The molecule has 236 valence electrons. The highest BCUT2D eigenvalue weighted by Gasteiger charge is 2.19. The number of allylic oxidation sites excluding steroid dienone is 4. The van der Waals surface area contributed by atoms with E-state index in [9.17, 15) is 0 Å². The second kappa shape index (κ2) is 11.6. The summed E-state index contributed by atoms with van der Waals surface area (Å²) in [6.45, 7) is 0. The molecule has 6 aromatic carbocycles. The smallest absolute Gasteiger partial charge is 0.138 e. The van der Waals surface area contributed by atoms with E-state index in [1.807, 2.05) is 0 Å². The van der Waals surface area contributed by atoms with Crippen LogP contribution in [0.2, 0.25) is 0 Å². The van der Waals surface area contributed by atoms with Gasteiger partial charge in [-0.2, -0.15) is 0 Å². The standard InChI is InChI=1S/C47H33N3/c1-4-15-32(16-5-1)35-30-42(33-17-6-2-7-18-33)48-46(31-35)50-44-26-13-11-22-39(44)41-29-34(27-28-45(41)50)37-23-14-24-40-38-21-10-12-25-43(38)49(47(37)40)36-19-8-3-9-20-36/h1,3-6,8-31H,2,7H2. The first kappa shape index (κ1) is 28.6. The first-order valence-electron chi connectivity index (χ1n) is 17.4. The van der Waals surface area contributed by atoms with Crippen molar-refractivity contribution in [3.8, 4) is 33.8 Å². The minimum Gasteiger partial charge on any atom is -0.309 e. The van der Waals surface area contributed by atoms with Gasteiger partial charge >= 0.3 is 0 Å². The number of hydrogen-bond acceptors (Lipinski definition) is 1. The van der Waals surface area contributed by atoms with Crippen LogP contribution < -0.4 is 0 Å². The second-order valence-corrected chi connectivity index (χ2v) is 13.1. The molecule has 50 heavy (non-hydrogen) atoms. The summed E-state index contributed by atoms with van der Waals surface area (Å²) in [5.74, 6) is 0.923. The molecule has 0 saturated heterocycles. The van der Waals surface area contributed by atoms with Crippen LogP contribution in [0.1, 0.15) is 18.5 Å². The van der Waals surface area contributed by atoms with Crippen molar-refractivity contribution in [3.05, 3.63) is 182 Å². The number of aromatic nitrogens is 3. The number of rotatable bonds is 5. The Kier molecular flexibility index (Phi) is 6.63. The van der Waals surface area contributed by atoms with E-state index >= 15 is 0 Å². The number of pyridine rings is 1. The van der Waals surface area contributed by atoms with Crippen LogP contribution in [0.5, 0.6) is 0 Å². The Labute approximate surface area is 290 Å². The van der Waals surface area contributed by atoms with Crippen molar-refractivity contribution in [2.75, 3.05) is 0 Å². The molecular formula is C47H33N3. The Bertz CT molecular complexity index is 2800. The van der Waals surface area contributed by atoms with Crippen molar-refractivity contribution in [2.45, 2.75) is 12.8 Å². The summed E-state index contributed by atoms with van der Waals surface area (Å²) in [5, 5.41) is 4.94. The van der Waals surface area contributed by atoms with E-state index in [2.05, 4.69) is 185 Å². The monoisotopic (exact) mass is 639 g/mol. The number of hydrogen-bond donors (Lipinski definition) is 0. The maximum Gasteiger partial charge on any atom is 0.138 e. The zero-order valence-electron chi connectivity index (χ0n) is 27.5. The zero-order valence-corrected chi connectivity index (χ0v) is 27.5. The lowest BCUT2D eigenvalue weighted by Crippen LogP contribution is -2.02. The first-order chi connectivity index (χ1) is 24.8. The molecule has 1 aliphatic rings. The first-order valence-corrected chi connectivity index (χ1v) is 17.4. The minimum atomic E-state index is 0.923. The molecule has 0 radical (unpaired) electrons. The Morgan fingerprint density at radius 3 is 1.92 bits per heavy atom. The summed E-state index contributed by atoms with van der Waals surface area (Å²) in [6, 6.07) is 57.0. The van der Waals surface area contributed by atoms with Gasteiger partial charge in [-0.25, -0.2) is 4.98 Å². The van der Waals surface area contributed by atoms with Gasteiger partial charge in [0.1, 0.15) is 5.82 Å². The van der Waals surface area contributed by atoms with Gasteiger partial charge in [-0.3, -0.25) is 4.57 Å². The van der Waals surface area contributed by atoms with Gasteiger partial charge in [0.2, 0.25) is 0 Å². The molecular weight excluding hydrogens is 607 g/mol. The molecule has 10 rings (SSSR count). The molecule has 3 aromatic heterocycles. The number of fused-ring (bicyclic) bond motifs is 6. The lowest BCUT2D eigenvalue weighted by molar-refractivity contribution is 1.03. The Balaban J connectivity index is 1.23. The summed E-state index contributed by atoms with van der Waals surface area (Å²) in [7, 11) is 0. The van der Waals surface area contributed by atoms with Gasteiger partial charge in [-0.05, 0) is 83.6 Å². The van der Waals surface area contributed by atoms with E-state index in [0.29, 0.717) is 0 Å². The van der Waals surface area contributed by atoms with Crippen molar-refractivity contribution in [3.63, 3.8) is 0 Å². The molecule has 0 bridgehead atoms. The Morgan fingerprint density at radius 2 is 1.14 bits per heavy atom. The number of para-hydroxylation sites is 4. The fourth-order valence-electron chi connectivity index (χ4n) is 7.86. The fourth-order valence-corrected chi connectivity index (χ4v) is 7.86. The number of nitrogens with zero attached hydrogens (tertiary/aromatic N) is 3. The SMILES string of the molecule is C1=CC(c2cc(-c3ccccc3)cc(-n3c4ccccc4c4cc(-c5cccc6c7ccccc7n(-c7ccccc7)c56)ccc43)n2)=CCC1. The van der Waals surface area contributed by atoms with E-state index < -0.39 is 0 Å². The second-order valence-electron chi connectivity index (χ2n) is 13.1. The lowest BCUT2D eigenvalue weighted by Gasteiger charge is -2.14. The molecule has 0 amide bonds. The average molecular weight is 640 g/mol. The molecule has 3 heteroatoms. The van der Waals surface area contributed by atoms with E-state index in [-0.39, 0.29) is 0 Å². The van der Waals surface area contributed by atoms with Gasteiger partial charge in [0.25, 0.3) is 0 Å². The number of benzene rings is 6. The molecule has 0 atom stereocenters. The summed E-state index contributed by atoms with van der Waals surface area (Å²) >= 11 is 0. The van der Waals surface area contributed by atoms with E-state index in [1.54, 1.807) is 0 Å². The van der Waals surface area contributed by atoms with Crippen molar-refractivity contribution in [1.82, 2.24) is 14.1 Å². The highest BCUT2D eigenvalue weighted by atomic mass is 15.1. The normalized spacial score (nSPS) is 13.1. The molecule has 1 aliphatic carbocycles. The van der Waals surface area contributed by atoms with Gasteiger partial charge < -0.3 is 4.57 Å². The van der Waals surface area contributed by atoms with Gasteiger partial charge in [0.05, 0.1) is 27.8 Å². The average Bonchev–Trinajstić information content (AvgIpc) is 3.71. The van der Waals surface area contributed by atoms with Gasteiger partial charge in [0, 0.05) is 32.8 Å². The Morgan fingerprint density at radius 1 is 0.460 bits per heavy atom. The molecule has 9 aromatic rings. The predicted molar refractivity (Wildman–Crippen MR) is 210 cm³/mol. The summed E-state index contributed by atoms with van der Waals surface area (Å²) in [5.41, 5.74) is 12.8. The quantitative estimate of drug-likeness (QED) is 0.184. The van der Waals surface area contributed by atoms with Crippen LogP contribution in [-0.4, -0.2) is 14.1 Å². The summed E-state index contributed by atoms with van der Waals surface area (Å²) in [4.78, 5) is 5.36. The van der Waals surface area contributed by atoms with Crippen LogP contribution in [0.25, 0.3) is 82.9 Å². The van der Waals surface area contributed by atoms with Crippen LogP contribution in [0, 0.1) is 0 Å². The van der Waals surface area contributed by atoms with Gasteiger partial charge in [-0.1, -0.05) is 127 Å². The Hall–Kier alpha value is -6.45.